The van der Waals surface area contributed by atoms with E-state index in [1.165, 1.54) is 0 Å². The lowest BCUT2D eigenvalue weighted by atomic mass is 9.96. The molecule has 5 heteroatoms. The summed E-state index contributed by atoms with van der Waals surface area (Å²) in [6, 6.07) is 0. The van der Waals surface area contributed by atoms with E-state index in [1.807, 2.05) is 0 Å². The van der Waals surface area contributed by atoms with Crippen LogP contribution in [-0.2, 0) is 14.3 Å². The first-order valence-electron chi connectivity index (χ1n) is 7.22. The molecule has 2 N–H and O–H groups in total. The van der Waals surface area contributed by atoms with Crippen LogP contribution in [0.15, 0.2) is 0 Å². The predicted octanol–water partition coefficient (Wildman–Crippen LogP) is 1.95. The topological polar surface area (TPSA) is 75.6 Å². The number of carbonyl (C=O) groups is 2. The number of carbonyl (C=O) groups excluding carboxylic acids is 1. The Hall–Kier alpha value is -1.10. The predicted molar refractivity (Wildman–Crippen MR) is 71.9 cm³/mol. The summed E-state index contributed by atoms with van der Waals surface area (Å²) in [4.78, 5) is 22.2. The lowest BCUT2D eigenvalue weighted by Crippen LogP contribution is -2.29. The molecule has 0 aliphatic carbocycles. The molecule has 0 aromatic heterocycles. The Bertz CT molecular complexity index is 287. The lowest BCUT2D eigenvalue weighted by molar-refractivity contribution is -0.137. The maximum atomic E-state index is 11.6. The van der Waals surface area contributed by atoms with Gasteiger partial charge in [-0.1, -0.05) is 13.3 Å². The zero-order valence-corrected chi connectivity index (χ0v) is 11.7. The molecular formula is C14H25NO4. The molecule has 1 rings (SSSR count). The third kappa shape index (κ3) is 7.15. The van der Waals surface area contributed by atoms with Crippen molar-refractivity contribution in [1.29, 1.82) is 0 Å². The van der Waals surface area contributed by atoms with E-state index in [0.717, 1.165) is 32.3 Å². The maximum Gasteiger partial charge on any atom is 0.303 e. The number of nitrogens with one attached hydrogen (secondary N) is 1. The number of aliphatic carboxylic acids is 1. The first kappa shape index (κ1) is 16.0. The zero-order chi connectivity index (χ0) is 14.1. The summed E-state index contributed by atoms with van der Waals surface area (Å²) < 4.78 is 5.41. The third-order valence-electron chi connectivity index (χ3n) is 3.66. The van der Waals surface area contributed by atoms with Gasteiger partial charge in [0.2, 0.25) is 5.91 Å². The van der Waals surface area contributed by atoms with Crippen molar-refractivity contribution in [2.24, 2.45) is 5.92 Å². The van der Waals surface area contributed by atoms with Crippen LogP contribution >= 0.6 is 0 Å². The Morgan fingerprint density at radius 2 is 2.21 bits per heavy atom. The lowest BCUT2D eigenvalue weighted by Gasteiger charge is -2.15. The molecule has 0 bridgehead atoms. The van der Waals surface area contributed by atoms with Gasteiger partial charge in [-0.2, -0.15) is 0 Å². The van der Waals surface area contributed by atoms with Gasteiger partial charge in [0.15, 0.2) is 0 Å². The van der Waals surface area contributed by atoms with Crippen LogP contribution < -0.4 is 5.32 Å². The van der Waals surface area contributed by atoms with Crippen molar-refractivity contribution >= 4 is 11.9 Å². The molecule has 5 nitrogen and oxygen atoms in total. The number of hydrogen-bond acceptors (Lipinski definition) is 3. The molecule has 0 radical (unpaired) electrons. The smallest absolute Gasteiger partial charge is 0.303 e. The molecule has 1 heterocycles. The highest BCUT2D eigenvalue weighted by Crippen LogP contribution is 2.16. The second-order valence-electron chi connectivity index (χ2n) is 5.18. The van der Waals surface area contributed by atoms with Gasteiger partial charge in [-0.15, -0.1) is 0 Å². The molecule has 1 amide bonds. The summed E-state index contributed by atoms with van der Waals surface area (Å²) in [6.07, 6.45) is 5.26. The SMILES string of the molecule is CCC(CCNC(=O)CC1CCCO1)CCC(=O)O. The van der Waals surface area contributed by atoms with Gasteiger partial charge in [0.05, 0.1) is 12.5 Å². The third-order valence-corrected chi connectivity index (χ3v) is 3.66. The highest BCUT2D eigenvalue weighted by molar-refractivity contribution is 5.76. The number of rotatable bonds is 9. The molecule has 2 atom stereocenters. The van der Waals surface area contributed by atoms with Gasteiger partial charge in [-0.25, -0.2) is 0 Å². The number of carboxylic acid groups (broad SMARTS) is 1. The summed E-state index contributed by atoms with van der Waals surface area (Å²) in [5, 5.41) is 11.5. The molecule has 1 fully saturated rings. The number of amides is 1. The van der Waals surface area contributed by atoms with Crippen molar-refractivity contribution in [2.75, 3.05) is 13.2 Å². The summed E-state index contributed by atoms with van der Waals surface area (Å²) in [5.41, 5.74) is 0. The number of hydrogen-bond donors (Lipinski definition) is 2. The van der Waals surface area contributed by atoms with Crippen molar-refractivity contribution in [1.82, 2.24) is 5.32 Å². The van der Waals surface area contributed by atoms with E-state index >= 15 is 0 Å². The molecule has 2 unspecified atom stereocenters. The van der Waals surface area contributed by atoms with Gasteiger partial charge in [0.25, 0.3) is 0 Å². The molecule has 110 valence electrons. The van der Waals surface area contributed by atoms with E-state index < -0.39 is 5.97 Å². The Labute approximate surface area is 114 Å². The fourth-order valence-corrected chi connectivity index (χ4v) is 2.38. The Balaban J connectivity index is 2.09. The summed E-state index contributed by atoms with van der Waals surface area (Å²) in [6.45, 7) is 3.45. The first-order valence-corrected chi connectivity index (χ1v) is 7.22. The van der Waals surface area contributed by atoms with Gasteiger partial charge in [0.1, 0.15) is 0 Å². The van der Waals surface area contributed by atoms with Crippen LogP contribution in [-0.4, -0.2) is 36.2 Å². The highest BCUT2D eigenvalue weighted by atomic mass is 16.5. The van der Waals surface area contributed by atoms with Gasteiger partial charge >= 0.3 is 5.97 Å². The van der Waals surface area contributed by atoms with Crippen molar-refractivity contribution in [3.8, 4) is 0 Å². The summed E-state index contributed by atoms with van der Waals surface area (Å²) in [7, 11) is 0. The van der Waals surface area contributed by atoms with E-state index in [-0.39, 0.29) is 18.4 Å². The second-order valence-corrected chi connectivity index (χ2v) is 5.18. The van der Waals surface area contributed by atoms with Crippen LogP contribution in [0.1, 0.15) is 51.9 Å². The van der Waals surface area contributed by atoms with Crippen LogP contribution in [0.3, 0.4) is 0 Å². The quantitative estimate of drug-likeness (QED) is 0.672. The molecule has 0 aromatic rings. The number of ether oxygens (including phenoxy) is 1. The van der Waals surface area contributed by atoms with E-state index in [1.54, 1.807) is 0 Å². The standard InChI is InChI=1S/C14H25NO4/c1-2-11(5-6-14(17)18)7-8-15-13(16)10-12-4-3-9-19-12/h11-12H,2-10H2,1H3,(H,15,16)(H,17,18). The number of carboxylic acids is 1. The van der Waals surface area contributed by atoms with Crippen molar-refractivity contribution in [3.05, 3.63) is 0 Å². The monoisotopic (exact) mass is 271 g/mol. The van der Waals surface area contributed by atoms with Crippen LogP contribution in [0, 0.1) is 5.92 Å². The first-order chi connectivity index (χ1) is 9.11. The molecule has 1 saturated heterocycles. The van der Waals surface area contributed by atoms with E-state index in [4.69, 9.17) is 9.84 Å². The molecule has 0 aromatic carbocycles. The molecule has 0 spiro atoms. The van der Waals surface area contributed by atoms with E-state index in [2.05, 4.69) is 12.2 Å². The van der Waals surface area contributed by atoms with E-state index in [9.17, 15) is 9.59 Å². The fourth-order valence-electron chi connectivity index (χ4n) is 2.38. The van der Waals surface area contributed by atoms with Gasteiger partial charge in [-0.05, 0) is 31.6 Å². The average Bonchev–Trinajstić information content (AvgIpc) is 2.86. The van der Waals surface area contributed by atoms with Gasteiger partial charge < -0.3 is 15.2 Å². The Morgan fingerprint density at radius 1 is 1.42 bits per heavy atom. The van der Waals surface area contributed by atoms with Crippen LogP contribution in [0.4, 0.5) is 0 Å². The molecule has 1 aliphatic rings. The van der Waals surface area contributed by atoms with E-state index in [0.29, 0.717) is 25.3 Å². The summed E-state index contributed by atoms with van der Waals surface area (Å²) in [5.74, 6) is -0.333. The minimum atomic E-state index is -0.749. The minimum Gasteiger partial charge on any atom is -0.481 e. The highest BCUT2D eigenvalue weighted by Gasteiger charge is 2.19. The second kappa shape index (κ2) is 8.91. The van der Waals surface area contributed by atoms with Crippen molar-refractivity contribution < 1.29 is 19.4 Å². The Kier molecular flexibility index (Phi) is 7.48. The zero-order valence-electron chi connectivity index (χ0n) is 11.7. The molecular weight excluding hydrogens is 246 g/mol. The molecule has 1 aliphatic heterocycles. The summed E-state index contributed by atoms with van der Waals surface area (Å²) >= 11 is 0. The van der Waals surface area contributed by atoms with Gasteiger partial charge in [-0.3, -0.25) is 9.59 Å². The molecule has 19 heavy (non-hydrogen) atoms. The average molecular weight is 271 g/mol. The largest absolute Gasteiger partial charge is 0.481 e. The van der Waals surface area contributed by atoms with Gasteiger partial charge in [0, 0.05) is 19.6 Å². The van der Waals surface area contributed by atoms with Crippen LogP contribution in [0.2, 0.25) is 0 Å². The molecule has 0 saturated carbocycles. The maximum absolute atomic E-state index is 11.6. The van der Waals surface area contributed by atoms with Crippen molar-refractivity contribution in [2.45, 2.75) is 58.0 Å². The van der Waals surface area contributed by atoms with Crippen LogP contribution in [0.25, 0.3) is 0 Å². The minimum absolute atomic E-state index is 0.0417. The Morgan fingerprint density at radius 3 is 2.79 bits per heavy atom. The van der Waals surface area contributed by atoms with Crippen LogP contribution in [0.5, 0.6) is 0 Å². The normalized spacial score (nSPS) is 20.2. The fraction of sp³-hybridized carbons (Fsp3) is 0.857. The van der Waals surface area contributed by atoms with Crippen molar-refractivity contribution in [3.63, 3.8) is 0 Å².